The molecule has 0 spiro atoms. The molecule has 0 aromatic heterocycles. The molecule has 0 aliphatic carbocycles. The van der Waals surface area contributed by atoms with Crippen molar-refractivity contribution in [2.24, 2.45) is 0 Å². The Labute approximate surface area is 210 Å². The van der Waals surface area contributed by atoms with Crippen molar-refractivity contribution in [3.8, 4) is 23.3 Å². The molecule has 0 radical (unpaired) electrons. The molecule has 0 saturated heterocycles. The second-order valence-electron chi connectivity index (χ2n) is 6.81. The van der Waals surface area contributed by atoms with Crippen LogP contribution in [0.1, 0.15) is 18.1 Å². The maximum absolute atomic E-state index is 12.6. The van der Waals surface area contributed by atoms with E-state index >= 15 is 0 Å². The van der Waals surface area contributed by atoms with Crippen molar-refractivity contribution in [2.75, 3.05) is 11.9 Å². The van der Waals surface area contributed by atoms with E-state index in [9.17, 15) is 15.2 Å². The third kappa shape index (κ3) is 6.63. The minimum Gasteiger partial charge on any atom is -0.508 e. The Morgan fingerprint density at radius 1 is 1.18 bits per heavy atom. The molecule has 0 aliphatic rings. The lowest BCUT2D eigenvalue weighted by Crippen LogP contribution is -2.13. The fourth-order valence-corrected chi connectivity index (χ4v) is 3.87. The van der Waals surface area contributed by atoms with Crippen LogP contribution in [0, 0.1) is 14.9 Å². The van der Waals surface area contributed by atoms with Gasteiger partial charge in [-0.1, -0.05) is 29.8 Å². The van der Waals surface area contributed by atoms with Crippen LogP contribution < -0.4 is 14.8 Å². The Morgan fingerprint density at radius 3 is 2.58 bits per heavy atom. The molecule has 6 nitrogen and oxygen atoms in total. The predicted molar refractivity (Wildman–Crippen MR) is 136 cm³/mol. The summed E-state index contributed by atoms with van der Waals surface area (Å²) < 4.78 is 12.5. The first kappa shape index (κ1) is 24.4. The third-order valence-corrected chi connectivity index (χ3v) is 5.63. The van der Waals surface area contributed by atoms with Gasteiger partial charge in [-0.2, -0.15) is 5.26 Å². The molecule has 0 saturated carbocycles. The van der Waals surface area contributed by atoms with Gasteiger partial charge in [0.15, 0.2) is 11.5 Å². The number of aromatic hydroxyl groups is 1. The van der Waals surface area contributed by atoms with E-state index in [-0.39, 0.29) is 17.9 Å². The summed E-state index contributed by atoms with van der Waals surface area (Å²) in [4.78, 5) is 12.6. The molecule has 3 rings (SSSR count). The van der Waals surface area contributed by atoms with E-state index in [1.54, 1.807) is 30.3 Å². The van der Waals surface area contributed by atoms with Gasteiger partial charge in [-0.05, 0) is 83.6 Å². The smallest absolute Gasteiger partial charge is 0.266 e. The molecular formula is C25H20ClIN2O4. The topological polar surface area (TPSA) is 91.6 Å². The molecule has 2 N–H and O–H groups in total. The summed E-state index contributed by atoms with van der Waals surface area (Å²) in [5, 5.41) is 22.1. The van der Waals surface area contributed by atoms with Gasteiger partial charge in [0.2, 0.25) is 0 Å². The van der Waals surface area contributed by atoms with Gasteiger partial charge in [0, 0.05) is 16.3 Å². The molecule has 8 heteroatoms. The summed E-state index contributed by atoms with van der Waals surface area (Å²) >= 11 is 8.35. The van der Waals surface area contributed by atoms with Gasteiger partial charge in [-0.25, -0.2) is 0 Å². The first-order valence-corrected chi connectivity index (χ1v) is 11.4. The summed E-state index contributed by atoms with van der Waals surface area (Å²) in [6.07, 6.45) is 1.48. The number of amides is 1. The number of halogens is 2. The largest absolute Gasteiger partial charge is 0.508 e. The van der Waals surface area contributed by atoms with Crippen LogP contribution in [0.15, 0.2) is 66.2 Å². The molecule has 3 aromatic rings. The van der Waals surface area contributed by atoms with Gasteiger partial charge in [0.1, 0.15) is 24.0 Å². The summed E-state index contributed by atoms with van der Waals surface area (Å²) in [5.41, 5.74) is 1.85. The van der Waals surface area contributed by atoms with E-state index in [4.69, 9.17) is 21.1 Å². The number of rotatable bonds is 8. The summed E-state index contributed by atoms with van der Waals surface area (Å²) in [5.74, 6) is 0.578. The number of benzene rings is 3. The SMILES string of the molecule is CCOc1cc(/C=C(/C#N)C(=O)Nc2ccc(O)cc2)cc(I)c1OCc1ccccc1Cl. The van der Waals surface area contributed by atoms with Crippen molar-refractivity contribution in [3.05, 3.63) is 86.0 Å². The van der Waals surface area contributed by atoms with E-state index in [0.717, 1.165) is 9.13 Å². The van der Waals surface area contributed by atoms with Crippen molar-refractivity contribution >= 4 is 51.9 Å². The predicted octanol–water partition coefficient (Wildman–Crippen LogP) is 6.17. The number of carbonyl (C=O) groups is 1. The number of nitrogens with one attached hydrogen (secondary N) is 1. The zero-order valence-electron chi connectivity index (χ0n) is 17.6. The summed E-state index contributed by atoms with van der Waals surface area (Å²) in [6.45, 7) is 2.54. The first-order chi connectivity index (χ1) is 15.9. The zero-order chi connectivity index (χ0) is 23.8. The minimum absolute atomic E-state index is 0.0777. The van der Waals surface area contributed by atoms with E-state index < -0.39 is 5.91 Å². The van der Waals surface area contributed by atoms with Gasteiger partial charge in [0.05, 0.1) is 10.2 Å². The van der Waals surface area contributed by atoms with E-state index in [0.29, 0.717) is 34.4 Å². The molecule has 0 fully saturated rings. The molecule has 33 heavy (non-hydrogen) atoms. The molecule has 1 amide bonds. The zero-order valence-corrected chi connectivity index (χ0v) is 20.6. The number of phenolic OH excluding ortho intramolecular Hbond substituents is 1. The molecule has 0 heterocycles. The van der Waals surface area contributed by atoms with Crippen LogP contribution >= 0.6 is 34.2 Å². The lowest BCUT2D eigenvalue weighted by molar-refractivity contribution is -0.112. The Morgan fingerprint density at radius 2 is 1.91 bits per heavy atom. The number of nitrogens with zero attached hydrogens (tertiary/aromatic N) is 1. The van der Waals surface area contributed by atoms with Crippen molar-refractivity contribution in [2.45, 2.75) is 13.5 Å². The molecule has 168 valence electrons. The Bertz CT molecular complexity index is 1220. The average Bonchev–Trinajstić information content (AvgIpc) is 2.79. The van der Waals surface area contributed by atoms with E-state index in [1.165, 1.54) is 18.2 Å². The second kappa shape index (κ2) is 11.6. The van der Waals surface area contributed by atoms with Crippen LogP contribution in [-0.4, -0.2) is 17.6 Å². The number of ether oxygens (including phenoxy) is 2. The first-order valence-electron chi connectivity index (χ1n) is 9.96. The van der Waals surface area contributed by atoms with Gasteiger partial charge in [-0.15, -0.1) is 0 Å². The molecule has 0 aliphatic heterocycles. The standard InChI is InChI=1S/C25H20ClIN2O4/c1-2-32-23-13-16(11-18(14-28)25(31)29-19-7-9-20(30)10-8-19)12-22(27)24(23)33-15-17-5-3-4-6-21(17)26/h3-13,30H,2,15H2,1H3,(H,29,31)/b18-11-. The molecule has 0 atom stereocenters. The van der Waals surface area contributed by atoms with Gasteiger partial charge >= 0.3 is 0 Å². The number of hydrogen-bond acceptors (Lipinski definition) is 5. The minimum atomic E-state index is -0.560. The van der Waals surface area contributed by atoms with Crippen LogP contribution in [0.25, 0.3) is 6.08 Å². The van der Waals surface area contributed by atoms with Crippen molar-refractivity contribution in [3.63, 3.8) is 0 Å². The summed E-state index contributed by atoms with van der Waals surface area (Å²) in [6, 6.07) is 18.9. The molecular weight excluding hydrogens is 555 g/mol. The quantitative estimate of drug-likeness (QED) is 0.145. The molecule has 0 bridgehead atoms. The number of carbonyl (C=O) groups excluding carboxylic acids is 1. The second-order valence-corrected chi connectivity index (χ2v) is 8.38. The van der Waals surface area contributed by atoms with Crippen LogP contribution in [0.5, 0.6) is 17.2 Å². The van der Waals surface area contributed by atoms with Gasteiger partial charge in [0.25, 0.3) is 5.91 Å². The number of hydrogen-bond donors (Lipinski definition) is 2. The van der Waals surface area contributed by atoms with Crippen LogP contribution in [-0.2, 0) is 11.4 Å². The fourth-order valence-electron chi connectivity index (χ4n) is 2.90. The molecule has 3 aromatic carbocycles. The highest BCUT2D eigenvalue weighted by atomic mass is 127. The van der Waals surface area contributed by atoms with Crippen LogP contribution in [0.4, 0.5) is 5.69 Å². The Balaban J connectivity index is 1.85. The fraction of sp³-hybridized carbons (Fsp3) is 0.120. The average molecular weight is 575 g/mol. The lowest BCUT2D eigenvalue weighted by Gasteiger charge is -2.15. The monoisotopic (exact) mass is 574 g/mol. The van der Waals surface area contributed by atoms with Crippen LogP contribution in [0.2, 0.25) is 5.02 Å². The van der Waals surface area contributed by atoms with Crippen LogP contribution in [0.3, 0.4) is 0 Å². The van der Waals surface area contributed by atoms with Crippen molar-refractivity contribution in [1.29, 1.82) is 5.26 Å². The Hall–Kier alpha value is -3.22. The maximum Gasteiger partial charge on any atom is 0.266 e. The van der Waals surface area contributed by atoms with Crippen molar-refractivity contribution < 1.29 is 19.4 Å². The highest BCUT2D eigenvalue weighted by molar-refractivity contribution is 14.1. The van der Waals surface area contributed by atoms with Gasteiger partial charge in [-0.3, -0.25) is 4.79 Å². The highest BCUT2D eigenvalue weighted by Crippen LogP contribution is 2.36. The number of nitriles is 1. The van der Waals surface area contributed by atoms with Crippen molar-refractivity contribution in [1.82, 2.24) is 0 Å². The summed E-state index contributed by atoms with van der Waals surface area (Å²) in [7, 11) is 0. The Kier molecular flexibility index (Phi) is 8.58. The maximum atomic E-state index is 12.6. The molecule has 0 unspecified atom stereocenters. The number of anilines is 1. The van der Waals surface area contributed by atoms with E-state index in [1.807, 2.05) is 31.2 Å². The van der Waals surface area contributed by atoms with E-state index in [2.05, 4.69) is 27.9 Å². The normalized spacial score (nSPS) is 10.9. The van der Waals surface area contributed by atoms with Gasteiger partial charge < -0.3 is 19.9 Å². The highest BCUT2D eigenvalue weighted by Gasteiger charge is 2.15. The third-order valence-electron chi connectivity index (χ3n) is 4.46. The lowest BCUT2D eigenvalue weighted by atomic mass is 10.1. The number of phenols is 1.